The zero-order valence-electron chi connectivity index (χ0n) is 12.6. The SMILES string of the molecule is CC(C)(C)OC(=O)N1CCC[C@H](CNC2CCC2)C1. The topological polar surface area (TPSA) is 41.6 Å². The predicted molar refractivity (Wildman–Crippen MR) is 76.2 cm³/mol. The van der Waals surface area contributed by atoms with Gasteiger partial charge in [-0.2, -0.15) is 0 Å². The fourth-order valence-corrected chi connectivity index (χ4v) is 2.67. The van der Waals surface area contributed by atoms with Gasteiger partial charge in [-0.15, -0.1) is 0 Å². The van der Waals surface area contributed by atoms with Crippen LogP contribution in [0.3, 0.4) is 0 Å². The van der Waals surface area contributed by atoms with Crippen molar-refractivity contribution < 1.29 is 9.53 Å². The van der Waals surface area contributed by atoms with Crippen molar-refractivity contribution in [2.45, 2.75) is 64.5 Å². The van der Waals surface area contributed by atoms with E-state index in [1.165, 1.54) is 25.7 Å². The zero-order chi connectivity index (χ0) is 13.9. The number of rotatable bonds is 3. The van der Waals surface area contributed by atoms with Crippen LogP contribution in [0.15, 0.2) is 0 Å². The number of ether oxygens (including phenoxy) is 1. The van der Waals surface area contributed by atoms with E-state index in [0.717, 1.165) is 32.1 Å². The Bertz CT molecular complexity index is 308. The van der Waals surface area contributed by atoms with Crippen LogP contribution in [0, 0.1) is 5.92 Å². The molecule has 4 nitrogen and oxygen atoms in total. The van der Waals surface area contributed by atoms with Gasteiger partial charge in [-0.25, -0.2) is 4.79 Å². The lowest BCUT2D eigenvalue weighted by atomic mass is 9.91. The van der Waals surface area contributed by atoms with Crippen LogP contribution in [0.4, 0.5) is 4.79 Å². The van der Waals surface area contributed by atoms with Crippen LogP contribution < -0.4 is 5.32 Å². The van der Waals surface area contributed by atoms with Crippen molar-refractivity contribution in [3.63, 3.8) is 0 Å². The van der Waals surface area contributed by atoms with Crippen LogP contribution in [0.25, 0.3) is 0 Å². The molecule has 1 amide bonds. The van der Waals surface area contributed by atoms with Crippen molar-refractivity contribution in [2.75, 3.05) is 19.6 Å². The molecule has 1 N–H and O–H groups in total. The minimum absolute atomic E-state index is 0.152. The van der Waals surface area contributed by atoms with Gasteiger partial charge in [-0.3, -0.25) is 0 Å². The minimum Gasteiger partial charge on any atom is -0.444 e. The third-order valence-corrected chi connectivity index (χ3v) is 3.97. The lowest BCUT2D eigenvalue weighted by molar-refractivity contribution is 0.0164. The fraction of sp³-hybridized carbons (Fsp3) is 0.933. The molecule has 1 heterocycles. The summed E-state index contributed by atoms with van der Waals surface area (Å²) in [7, 11) is 0. The molecule has 19 heavy (non-hydrogen) atoms. The highest BCUT2D eigenvalue weighted by Crippen LogP contribution is 2.21. The summed E-state index contributed by atoms with van der Waals surface area (Å²) in [5.74, 6) is 0.585. The first kappa shape index (κ1) is 14.6. The van der Waals surface area contributed by atoms with Crippen molar-refractivity contribution in [2.24, 2.45) is 5.92 Å². The number of carbonyl (C=O) groups is 1. The van der Waals surface area contributed by atoms with E-state index in [0.29, 0.717) is 5.92 Å². The number of nitrogens with one attached hydrogen (secondary N) is 1. The summed E-state index contributed by atoms with van der Waals surface area (Å²) < 4.78 is 5.45. The Morgan fingerprint density at radius 1 is 1.26 bits per heavy atom. The number of carbonyl (C=O) groups excluding carboxylic acids is 1. The van der Waals surface area contributed by atoms with Gasteiger partial charge in [-0.1, -0.05) is 6.42 Å². The highest BCUT2D eigenvalue weighted by molar-refractivity contribution is 5.68. The van der Waals surface area contributed by atoms with Crippen LogP contribution in [0.5, 0.6) is 0 Å². The van der Waals surface area contributed by atoms with E-state index in [-0.39, 0.29) is 6.09 Å². The Hall–Kier alpha value is -0.770. The molecule has 1 aliphatic carbocycles. The molecule has 4 heteroatoms. The second-order valence-electron chi connectivity index (χ2n) is 6.97. The van der Waals surface area contributed by atoms with Gasteiger partial charge >= 0.3 is 6.09 Å². The van der Waals surface area contributed by atoms with Crippen LogP contribution in [0.2, 0.25) is 0 Å². The van der Waals surface area contributed by atoms with Crippen LogP contribution >= 0.6 is 0 Å². The van der Waals surface area contributed by atoms with E-state index >= 15 is 0 Å². The lowest BCUT2D eigenvalue weighted by Gasteiger charge is -2.35. The molecule has 110 valence electrons. The number of hydrogen-bond acceptors (Lipinski definition) is 3. The van der Waals surface area contributed by atoms with Gasteiger partial charge in [-0.05, 0) is 58.9 Å². The molecule has 2 rings (SSSR count). The molecule has 1 saturated heterocycles. The molecule has 0 aromatic heterocycles. The van der Waals surface area contributed by atoms with Crippen LogP contribution in [-0.4, -0.2) is 42.3 Å². The largest absolute Gasteiger partial charge is 0.444 e. The van der Waals surface area contributed by atoms with E-state index in [9.17, 15) is 4.79 Å². The molecule has 1 saturated carbocycles. The summed E-state index contributed by atoms with van der Waals surface area (Å²) in [5.41, 5.74) is -0.395. The molecule has 0 unspecified atom stereocenters. The highest BCUT2D eigenvalue weighted by Gasteiger charge is 2.28. The maximum Gasteiger partial charge on any atom is 0.410 e. The van der Waals surface area contributed by atoms with Gasteiger partial charge in [0.05, 0.1) is 0 Å². The van der Waals surface area contributed by atoms with Gasteiger partial charge in [0.25, 0.3) is 0 Å². The monoisotopic (exact) mass is 268 g/mol. The first-order chi connectivity index (χ1) is 8.94. The molecule has 1 aliphatic heterocycles. The predicted octanol–water partition coefficient (Wildman–Crippen LogP) is 2.78. The molecule has 0 aromatic carbocycles. The highest BCUT2D eigenvalue weighted by atomic mass is 16.6. The minimum atomic E-state index is -0.395. The molecule has 0 radical (unpaired) electrons. The van der Waals surface area contributed by atoms with Gasteiger partial charge in [0, 0.05) is 19.1 Å². The summed E-state index contributed by atoms with van der Waals surface area (Å²) in [4.78, 5) is 13.9. The summed E-state index contributed by atoms with van der Waals surface area (Å²) in [5, 5.41) is 3.62. The molecule has 1 atom stereocenters. The average molecular weight is 268 g/mol. The maximum absolute atomic E-state index is 12.0. The van der Waals surface area contributed by atoms with Crippen LogP contribution in [0.1, 0.15) is 52.9 Å². The number of likely N-dealkylation sites (tertiary alicyclic amines) is 1. The molecule has 2 aliphatic rings. The number of hydrogen-bond donors (Lipinski definition) is 1. The number of piperidine rings is 1. The average Bonchev–Trinajstić information content (AvgIpc) is 2.25. The molecule has 0 spiro atoms. The van der Waals surface area contributed by atoms with Crippen molar-refractivity contribution in [1.82, 2.24) is 10.2 Å². The first-order valence-electron chi connectivity index (χ1n) is 7.65. The molecular weight excluding hydrogens is 240 g/mol. The van der Waals surface area contributed by atoms with Crippen LogP contribution in [-0.2, 0) is 4.74 Å². The maximum atomic E-state index is 12.0. The molecule has 2 fully saturated rings. The molecule has 0 aromatic rings. The van der Waals surface area contributed by atoms with E-state index in [2.05, 4.69) is 5.32 Å². The summed E-state index contributed by atoms with van der Waals surface area (Å²) >= 11 is 0. The second kappa shape index (κ2) is 6.12. The van der Waals surface area contributed by atoms with Gasteiger partial charge < -0.3 is 15.0 Å². The summed E-state index contributed by atoms with van der Waals surface area (Å²) in [6, 6.07) is 0.733. The van der Waals surface area contributed by atoms with Gasteiger partial charge in [0.1, 0.15) is 5.60 Å². The second-order valence-corrected chi connectivity index (χ2v) is 6.97. The zero-order valence-corrected chi connectivity index (χ0v) is 12.6. The van der Waals surface area contributed by atoms with Crippen molar-refractivity contribution in [3.05, 3.63) is 0 Å². The lowest BCUT2D eigenvalue weighted by Crippen LogP contribution is -2.46. The third kappa shape index (κ3) is 4.68. The van der Waals surface area contributed by atoms with E-state index in [1.807, 2.05) is 25.7 Å². The van der Waals surface area contributed by atoms with E-state index in [1.54, 1.807) is 0 Å². The summed E-state index contributed by atoms with van der Waals surface area (Å²) in [6.45, 7) is 8.49. The smallest absolute Gasteiger partial charge is 0.410 e. The van der Waals surface area contributed by atoms with E-state index < -0.39 is 5.60 Å². The van der Waals surface area contributed by atoms with E-state index in [4.69, 9.17) is 4.74 Å². The quantitative estimate of drug-likeness (QED) is 0.855. The van der Waals surface area contributed by atoms with Gasteiger partial charge in [0.2, 0.25) is 0 Å². The standard InChI is InChI=1S/C15H28N2O2/c1-15(2,3)19-14(18)17-9-5-6-12(11-17)10-16-13-7-4-8-13/h12-13,16H,4-11H2,1-3H3/t12-/m1/s1. The van der Waals surface area contributed by atoms with Crippen molar-refractivity contribution >= 4 is 6.09 Å². The number of nitrogens with zero attached hydrogens (tertiary/aromatic N) is 1. The number of amides is 1. The Morgan fingerprint density at radius 2 is 2.00 bits per heavy atom. The Kier molecular flexibility index (Phi) is 4.71. The molecular formula is C15H28N2O2. The van der Waals surface area contributed by atoms with Gasteiger partial charge in [0.15, 0.2) is 0 Å². The van der Waals surface area contributed by atoms with Crippen molar-refractivity contribution in [3.8, 4) is 0 Å². The first-order valence-corrected chi connectivity index (χ1v) is 7.65. The third-order valence-electron chi connectivity index (χ3n) is 3.97. The van der Waals surface area contributed by atoms with Crippen molar-refractivity contribution in [1.29, 1.82) is 0 Å². The Morgan fingerprint density at radius 3 is 2.58 bits per heavy atom. The Labute approximate surface area is 116 Å². The molecule has 0 bridgehead atoms. The summed E-state index contributed by atoms with van der Waals surface area (Å²) in [6.07, 6.45) is 6.17. The normalized spacial score (nSPS) is 25.0. The fourth-order valence-electron chi connectivity index (χ4n) is 2.67. The Balaban J connectivity index is 1.74.